The Morgan fingerprint density at radius 1 is 1.28 bits per heavy atom. The molecule has 1 amide bonds. The molecule has 2 aliphatic rings. The van der Waals surface area contributed by atoms with Crippen molar-refractivity contribution >= 4 is 5.91 Å². The maximum atomic E-state index is 12.1. The first-order chi connectivity index (χ1) is 8.81. The molecular weight excluding hydrogens is 234 g/mol. The lowest BCUT2D eigenvalue weighted by molar-refractivity contribution is -0.133. The molecule has 0 aliphatic carbocycles. The van der Waals surface area contributed by atoms with Crippen molar-refractivity contribution in [2.75, 3.05) is 59.1 Å². The molecule has 0 aromatic rings. The van der Waals surface area contributed by atoms with Crippen LogP contribution in [0.3, 0.4) is 0 Å². The molecule has 104 valence electrons. The minimum absolute atomic E-state index is 0.0308. The first kappa shape index (κ1) is 13.7. The Labute approximate surface area is 108 Å². The molecule has 0 saturated carbocycles. The number of rotatable bonds is 4. The van der Waals surface area contributed by atoms with Crippen molar-refractivity contribution in [3.05, 3.63) is 0 Å². The first-order valence-electron chi connectivity index (χ1n) is 6.74. The van der Waals surface area contributed by atoms with Gasteiger partial charge in [-0.25, -0.2) is 0 Å². The largest absolute Gasteiger partial charge is 0.394 e. The molecule has 2 aliphatic heterocycles. The van der Waals surface area contributed by atoms with Crippen LogP contribution < -0.4 is 5.32 Å². The number of nitrogens with one attached hydrogen (secondary N) is 1. The molecule has 2 heterocycles. The van der Waals surface area contributed by atoms with Gasteiger partial charge in [0.15, 0.2) is 0 Å². The van der Waals surface area contributed by atoms with E-state index in [-0.39, 0.29) is 12.5 Å². The highest BCUT2D eigenvalue weighted by molar-refractivity contribution is 5.82. The Hall–Kier alpha value is -0.690. The van der Waals surface area contributed by atoms with Crippen molar-refractivity contribution < 1.29 is 14.6 Å². The van der Waals surface area contributed by atoms with E-state index in [1.165, 1.54) is 0 Å². The zero-order valence-electron chi connectivity index (χ0n) is 10.8. The van der Waals surface area contributed by atoms with Gasteiger partial charge in [-0.2, -0.15) is 0 Å². The fraction of sp³-hybridized carbons (Fsp3) is 0.917. The molecule has 6 heteroatoms. The van der Waals surface area contributed by atoms with Crippen molar-refractivity contribution in [3.8, 4) is 0 Å². The summed E-state index contributed by atoms with van der Waals surface area (Å²) in [5.74, 6) is 0.0308. The van der Waals surface area contributed by atoms with Gasteiger partial charge >= 0.3 is 0 Å². The lowest BCUT2D eigenvalue weighted by atomic mass is 10.2. The van der Waals surface area contributed by atoms with E-state index in [0.29, 0.717) is 0 Å². The summed E-state index contributed by atoms with van der Waals surface area (Å²) < 4.78 is 5.30. The van der Waals surface area contributed by atoms with Crippen molar-refractivity contribution in [2.24, 2.45) is 0 Å². The third kappa shape index (κ3) is 3.65. The number of aliphatic hydroxyl groups excluding tert-OH is 1. The number of carbonyl (C=O) groups excluding carboxylic acids is 1. The molecule has 0 aromatic carbocycles. The van der Waals surface area contributed by atoms with Crippen molar-refractivity contribution in [2.45, 2.75) is 12.5 Å². The molecule has 1 atom stereocenters. The summed E-state index contributed by atoms with van der Waals surface area (Å²) in [6.07, 6.45) is 0.950. The van der Waals surface area contributed by atoms with Gasteiger partial charge in [0.05, 0.1) is 19.8 Å². The molecule has 0 bridgehead atoms. The summed E-state index contributed by atoms with van der Waals surface area (Å²) in [6.45, 7) is 6.58. The lowest BCUT2D eigenvalue weighted by Gasteiger charge is -2.30. The van der Waals surface area contributed by atoms with E-state index < -0.39 is 6.04 Å². The average Bonchev–Trinajstić information content (AvgIpc) is 2.59. The minimum atomic E-state index is -0.419. The van der Waals surface area contributed by atoms with E-state index in [0.717, 1.165) is 58.9 Å². The van der Waals surface area contributed by atoms with Crippen LogP contribution in [0.5, 0.6) is 0 Å². The number of nitrogens with zero attached hydrogens (tertiary/aromatic N) is 2. The van der Waals surface area contributed by atoms with Crippen LogP contribution in [0.2, 0.25) is 0 Å². The van der Waals surface area contributed by atoms with E-state index in [1.807, 2.05) is 4.90 Å². The van der Waals surface area contributed by atoms with E-state index in [1.54, 1.807) is 0 Å². The quantitative estimate of drug-likeness (QED) is 0.642. The van der Waals surface area contributed by atoms with Crippen molar-refractivity contribution in [3.63, 3.8) is 0 Å². The molecule has 2 fully saturated rings. The second-order valence-electron chi connectivity index (χ2n) is 4.82. The third-order valence-electron chi connectivity index (χ3n) is 3.58. The predicted octanol–water partition coefficient (Wildman–Crippen LogP) is -1.50. The monoisotopic (exact) mass is 257 g/mol. The van der Waals surface area contributed by atoms with Gasteiger partial charge in [-0.1, -0.05) is 0 Å². The number of carbonyl (C=O) groups is 1. The maximum Gasteiger partial charge on any atom is 0.242 e. The van der Waals surface area contributed by atoms with Gasteiger partial charge in [-0.15, -0.1) is 0 Å². The fourth-order valence-corrected chi connectivity index (χ4v) is 2.42. The Kier molecular flexibility index (Phi) is 5.37. The number of ether oxygens (including phenoxy) is 1. The van der Waals surface area contributed by atoms with Crippen LogP contribution in [0.1, 0.15) is 6.42 Å². The summed E-state index contributed by atoms with van der Waals surface area (Å²) >= 11 is 0. The number of hydrogen-bond donors (Lipinski definition) is 2. The SMILES string of the molecule is O=C1C(CO)NCCCN1CCN1CCOCC1. The molecular formula is C12H23N3O3. The Balaban J connectivity index is 1.80. The number of aliphatic hydroxyl groups is 1. The van der Waals surface area contributed by atoms with Gasteiger partial charge in [0.2, 0.25) is 5.91 Å². The first-order valence-corrected chi connectivity index (χ1v) is 6.74. The fourth-order valence-electron chi connectivity index (χ4n) is 2.42. The van der Waals surface area contributed by atoms with Crippen LogP contribution in [0.4, 0.5) is 0 Å². The summed E-state index contributed by atoms with van der Waals surface area (Å²) in [6, 6.07) is -0.419. The summed E-state index contributed by atoms with van der Waals surface area (Å²) in [4.78, 5) is 16.3. The smallest absolute Gasteiger partial charge is 0.242 e. The summed E-state index contributed by atoms with van der Waals surface area (Å²) in [5, 5.41) is 12.3. The van der Waals surface area contributed by atoms with Crippen LogP contribution in [0.25, 0.3) is 0 Å². The second-order valence-corrected chi connectivity index (χ2v) is 4.82. The molecule has 2 N–H and O–H groups in total. The second kappa shape index (κ2) is 7.04. The zero-order chi connectivity index (χ0) is 12.8. The molecule has 6 nitrogen and oxygen atoms in total. The molecule has 18 heavy (non-hydrogen) atoms. The highest BCUT2D eigenvalue weighted by Crippen LogP contribution is 2.04. The van der Waals surface area contributed by atoms with E-state index in [2.05, 4.69) is 10.2 Å². The van der Waals surface area contributed by atoms with Crippen molar-refractivity contribution in [1.29, 1.82) is 0 Å². The Bertz CT molecular complexity index is 269. The number of amides is 1. The van der Waals surface area contributed by atoms with Gasteiger partial charge in [0.25, 0.3) is 0 Å². The van der Waals surface area contributed by atoms with E-state index >= 15 is 0 Å². The third-order valence-corrected chi connectivity index (χ3v) is 3.58. The van der Waals surface area contributed by atoms with Gasteiger partial charge in [-0.3, -0.25) is 9.69 Å². The van der Waals surface area contributed by atoms with E-state index in [9.17, 15) is 9.90 Å². The van der Waals surface area contributed by atoms with Gasteiger partial charge < -0.3 is 20.1 Å². The van der Waals surface area contributed by atoms with E-state index in [4.69, 9.17) is 4.74 Å². The predicted molar refractivity (Wildman–Crippen MR) is 67.3 cm³/mol. The van der Waals surface area contributed by atoms with Crippen LogP contribution in [0.15, 0.2) is 0 Å². The highest BCUT2D eigenvalue weighted by Gasteiger charge is 2.26. The van der Waals surface area contributed by atoms with Crippen molar-refractivity contribution in [1.82, 2.24) is 15.1 Å². The minimum Gasteiger partial charge on any atom is -0.394 e. The van der Waals surface area contributed by atoms with Crippen LogP contribution in [0, 0.1) is 0 Å². The van der Waals surface area contributed by atoms with Gasteiger partial charge in [-0.05, 0) is 13.0 Å². The zero-order valence-corrected chi connectivity index (χ0v) is 10.8. The molecule has 2 rings (SSSR count). The normalized spacial score (nSPS) is 27.3. The molecule has 2 saturated heterocycles. The summed E-state index contributed by atoms with van der Waals surface area (Å²) in [5.41, 5.74) is 0. The highest BCUT2D eigenvalue weighted by atomic mass is 16.5. The lowest BCUT2D eigenvalue weighted by Crippen LogP contribution is -2.48. The van der Waals surface area contributed by atoms with Gasteiger partial charge in [0, 0.05) is 32.7 Å². The van der Waals surface area contributed by atoms with Gasteiger partial charge in [0.1, 0.15) is 6.04 Å². The number of morpholine rings is 1. The van der Waals surface area contributed by atoms with Crippen LogP contribution in [-0.2, 0) is 9.53 Å². The Morgan fingerprint density at radius 3 is 2.78 bits per heavy atom. The standard InChI is InChI=1S/C12H23N3O3/c16-10-11-12(17)15(3-1-2-13-11)5-4-14-6-8-18-9-7-14/h11,13,16H,1-10H2. The van der Waals surface area contributed by atoms with Crippen LogP contribution in [-0.4, -0.2) is 85.9 Å². The molecule has 0 aromatic heterocycles. The average molecular weight is 257 g/mol. The molecule has 1 unspecified atom stereocenters. The maximum absolute atomic E-state index is 12.1. The molecule has 0 spiro atoms. The topological polar surface area (TPSA) is 65.0 Å². The molecule has 0 radical (unpaired) electrons. The van der Waals surface area contributed by atoms with Crippen LogP contribution >= 0.6 is 0 Å². The Morgan fingerprint density at radius 2 is 2.06 bits per heavy atom. The summed E-state index contributed by atoms with van der Waals surface area (Å²) in [7, 11) is 0. The number of hydrogen-bond acceptors (Lipinski definition) is 5.